The van der Waals surface area contributed by atoms with Gasteiger partial charge in [0.25, 0.3) is 5.91 Å². The molecule has 7 nitrogen and oxygen atoms in total. The molecule has 1 fully saturated rings. The third-order valence-corrected chi connectivity index (χ3v) is 11.9. The van der Waals surface area contributed by atoms with Crippen LogP contribution in [0.5, 0.6) is 5.75 Å². The third-order valence-electron chi connectivity index (χ3n) is 10.2. The predicted octanol–water partition coefficient (Wildman–Crippen LogP) is 5.76. The van der Waals surface area contributed by atoms with E-state index in [4.69, 9.17) is 21.1 Å². The molecule has 42 heavy (non-hydrogen) atoms. The number of anilines is 1. The highest BCUT2D eigenvalue weighted by Crippen LogP contribution is 2.47. The summed E-state index contributed by atoms with van der Waals surface area (Å²) in [4.78, 5) is 15.7. The number of halogens is 1. The lowest BCUT2D eigenvalue weighted by molar-refractivity contribution is 0.0130. The molecule has 2 aliphatic carbocycles. The number of benzene rings is 2. The number of methoxy groups -OCH3 is 1. The minimum Gasteiger partial charge on any atom is -0.490 e. The highest BCUT2D eigenvalue weighted by Gasteiger charge is 2.44. The number of fused-ring (bicyclic) bond motifs is 4. The van der Waals surface area contributed by atoms with Gasteiger partial charge in [-0.05, 0) is 97.2 Å². The Kier molecular flexibility index (Phi) is 8.09. The molecular weight excluding hydrogens is 572 g/mol. The molecule has 226 valence electrons. The molecule has 2 bridgehead atoms. The summed E-state index contributed by atoms with van der Waals surface area (Å²) in [6, 6.07) is 11.5. The number of nitrogens with one attached hydrogen (secondary N) is 1. The summed E-state index contributed by atoms with van der Waals surface area (Å²) in [5, 5.41) is 0.749. The Morgan fingerprint density at radius 2 is 1.95 bits per heavy atom. The smallest absolute Gasteiger partial charge is 0.264 e. The zero-order valence-corrected chi connectivity index (χ0v) is 26.2. The summed E-state index contributed by atoms with van der Waals surface area (Å²) in [6.07, 6.45) is 9.38. The standard InChI is InChI=1S/C33H41ClN2O5S/c1-21-6-12-30(40-3)27-10-7-25(27)17-36-19-33(14-4-5-23-15-26(34)9-11-28(23)33)20-41-31-13-8-24(16-29(31)36)32(37)35-42(38,39)18-22(21)2/h6,8-9,11-13,15-16,21-22,25,27,30H,4-5,7,10,14,17-20H2,1-3H3,(H,35,37)/b12-6-/t21-,22+,25+,27-,30+,33+/m1/s1. The number of hydrogen-bond acceptors (Lipinski definition) is 6. The van der Waals surface area contributed by atoms with E-state index in [1.165, 1.54) is 11.1 Å². The van der Waals surface area contributed by atoms with Crippen molar-refractivity contribution in [3.63, 3.8) is 0 Å². The fraction of sp³-hybridized carbons (Fsp3) is 0.545. The van der Waals surface area contributed by atoms with E-state index in [9.17, 15) is 13.2 Å². The number of rotatable bonds is 1. The molecule has 2 aliphatic heterocycles. The van der Waals surface area contributed by atoms with Gasteiger partial charge in [0, 0.05) is 36.2 Å². The number of hydrogen-bond donors (Lipinski definition) is 1. The van der Waals surface area contributed by atoms with Crippen molar-refractivity contribution in [1.29, 1.82) is 0 Å². The number of ether oxygens (including phenoxy) is 2. The van der Waals surface area contributed by atoms with Gasteiger partial charge in [0.05, 0.1) is 24.2 Å². The predicted molar refractivity (Wildman–Crippen MR) is 166 cm³/mol. The maximum Gasteiger partial charge on any atom is 0.264 e. The lowest BCUT2D eigenvalue weighted by atomic mass is 9.68. The first-order chi connectivity index (χ1) is 20.1. The van der Waals surface area contributed by atoms with Crippen molar-refractivity contribution >= 4 is 33.2 Å². The van der Waals surface area contributed by atoms with Gasteiger partial charge in [0.2, 0.25) is 10.0 Å². The van der Waals surface area contributed by atoms with E-state index in [0.717, 1.165) is 61.7 Å². The van der Waals surface area contributed by atoms with E-state index in [1.807, 2.05) is 32.0 Å². The summed E-state index contributed by atoms with van der Waals surface area (Å²) < 4.78 is 40.9. The normalized spacial score (nSPS) is 33.3. The molecule has 0 saturated heterocycles. The fourth-order valence-corrected chi connectivity index (χ4v) is 9.08. The Bertz CT molecular complexity index is 1490. The van der Waals surface area contributed by atoms with Crippen LogP contribution in [-0.2, 0) is 26.6 Å². The Labute approximate surface area is 254 Å². The molecule has 2 aromatic carbocycles. The van der Waals surface area contributed by atoms with Crippen LogP contribution < -0.4 is 14.4 Å². The Morgan fingerprint density at radius 1 is 1.12 bits per heavy atom. The number of allylic oxidation sites excluding steroid dienone is 1. The van der Waals surface area contributed by atoms with E-state index in [1.54, 1.807) is 13.2 Å². The summed E-state index contributed by atoms with van der Waals surface area (Å²) in [5.74, 6) is 0.573. The topological polar surface area (TPSA) is 84.9 Å². The fourth-order valence-electron chi connectivity index (χ4n) is 7.40. The molecule has 0 radical (unpaired) electrons. The van der Waals surface area contributed by atoms with Crippen LogP contribution in [0.15, 0.2) is 48.6 Å². The van der Waals surface area contributed by atoms with Gasteiger partial charge in [0.15, 0.2) is 0 Å². The summed E-state index contributed by atoms with van der Waals surface area (Å²) in [5.41, 5.74) is 3.48. The molecule has 6 atom stereocenters. The number of carbonyl (C=O) groups excluding carboxylic acids is 1. The highest BCUT2D eigenvalue weighted by molar-refractivity contribution is 7.90. The summed E-state index contributed by atoms with van der Waals surface area (Å²) >= 11 is 6.40. The third kappa shape index (κ3) is 5.70. The Hall–Kier alpha value is -2.55. The first-order valence-corrected chi connectivity index (χ1v) is 17.2. The van der Waals surface area contributed by atoms with Gasteiger partial charge in [-0.2, -0.15) is 0 Å². The van der Waals surface area contributed by atoms with Crippen molar-refractivity contribution in [2.24, 2.45) is 23.7 Å². The van der Waals surface area contributed by atoms with Crippen molar-refractivity contribution in [2.45, 2.75) is 57.5 Å². The van der Waals surface area contributed by atoms with Crippen LogP contribution in [0.25, 0.3) is 0 Å². The molecule has 2 heterocycles. The summed E-state index contributed by atoms with van der Waals surface area (Å²) in [6.45, 7) is 5.99. The minimum atomic E-state index is -3.84. The molecule has 0 unspecified atom stereocenters. The molecule has 1 saturated carbocycles. The zero-order valence-electron chi connectivity index (χ0n) is 24.6. The van der Waals surface area contributed by atoms with Gasteiger partial charge in [-0.1, -0.05) is 43.7 Å². The van der Waals surface area contributed by atoms with Crippen LogP contribution in [0.1, 0.15) is 61.0 Å². The monoisotopic (exact) mass is 612 g/mol. The van der Waals surface area contributed by atoms with E-state index in [2.05, 4.69) is 33.9 Å². The molecule has 6 rings (SSSR count). The SMILES string of the molecule is CO[C@H]1/C=C\[C@@H](C)[C@@H](C)CS(=O)(=O)NC(=O)c2ccc3c(c2)N(C[C@@H]2CC[C@H]21)C[C@@]1(CCCc2cc(Cl)ccc21)CO3. The van der Waals surface area contributed by atoms with Gasteiger partial charge in [-0.3, -0.25) is 4.79 Å². The molecule has 2 aromatic rings. The maximum atomic E-state index is 13.3. The van der Waals surface area contributed by atoms with Crippen molar-refractivity contribution in [3.8, 4) is 5.75 Å². The first kappa shape index (κ1) is 29.5. The average molecular weight is 613 g/mol. The highest BCUT2D eigenvalue weighted by atomic mass is 35.5. The van der Waals surface area contributed by atoms with E-state index in [0.29, 0.717) is 24.0 Å². The van der Waals surface area contributed by atoms with Gasteiger partial charge in [-0.25, -0.2) is 13.1 Å². The maximum absolute atomic E-state index is 13.3. The van der Waals surface area contributed by atoms with Crippen LogP contribution in [-0.4, -0.2) is 53.0 Å². The number of amides is 1. The minimum absolute atomic E-state index is 0.00846. The van der Waals surface area contributed by atoms with E-state index in [-0.39, 0.29) is 29.1 Å². The van der Waals surface area contributed by atoms with Gasteiger partial charge >= 0.3 is 0 Å². The molecule has 1 N–H and O–H groups in total. The summed E-state index contributed by atoms with van der Waals surface area (Å²) in [7, 11) is -2.08. The molecule has 4 aliphatic rings. The largest absolute Gasteiger partial charge is 0.490 e. The lowest BCUT2D eigenvalue weighted by Crippen LogP contribution is -2.49. The van der Waals surface area contributed by atoms with Crippen molar-refractivity contribution in [3.05, 3.63) is 70.3 Å². The number of carbonyl (C=O) groups is 1. The van der Waals surface area contributed by atoms with Crippen molar-refractivity contribution in [2.75, 3.05) is 37.5 Å². The van der Waals surface area contributed by atoms with Gasteiger partial charge in [0.1, 0.15) is 5.75 Å². The van der Waals surface area contributed by atoms with Crippen molar-refractivity contribution < 1.29 is 22.7 Å². The zero-order chi connectivity index (χ0) is 29.6. The van der Waals surface area contributed by atoms with Crippen molar-refractivity contribution in [1.82, 2.24) is 4.72 Å². The second-order valence-electron chi connectivity index (χ2n) is 12.9. The Morgan fingerprint density at radius 3 is 2.71 bits per heavy atom. The average Bonchev–Trinajstić information content (AvgIpc) is 3.08. The Balaban J connectivity index is 1.43. The van der Waals surface area contributed by atoms with Crippen LogP contribution in [0.4, 0.5) is 5.69 Å². The van der Waals surface area contributed by atoms with Gasteiger partial charge < -0.3 is 14.4 Å². The number of nitrogens with zero attached hydrogens (tertiary/aromatic N) is 1. The van der Waals surface area contributed by atoms with Crippen LogP contribution in [0.3, 0.4) is 0 Å². The van der Waals surface area contributed by atoms with E-state index < -0.39 is 15.9 Å². The second kappa shape index (κ2) is 11.5. The quantitative estimate of drug-likeness (QED) is 0.413. The molecule has 1 amide bonds. The lowest BCUT2D eigenvalue weighted by Gasteiger charge is -2.46. The molecule has 1 spiro atoms. The van der Waals surface area contributed by atoms with Crippen LogP contribution in [0, 0.1) is 23.7 Å². The van der Waals surface area contributed by atoms with E-state index >= 15 is 0 Å². The van der Waals surface area contributed by atoms with Gasteiger partial charge in [-0.15, -0.1) is 0 Å². The van der Waals surface area contributed by atoms with Crippen LogP contribution in [0.2, 0.25) is 5.02 Å². The first-order valence-electron chi connectivity index (χ1n) is 15.1. The second-order valence-corrected chi connectivity index (χ2v) is 15.1. The molecule has 9 heteroatoms. The number of aryl methyl sites for hydroxylation is 1. The molecule has 0 aromatic heterocycles. The molecular formula is C33H41ClN2O5S. The van der Waals surface area contributed by atoms with Crippen LogP contribution >= 0.6 is 11.6 Å². The number of sulfonamides is 1.